The molecule has 19 heavy (non-hydrogen) atoms. The molecule has 0 radical (unpaired) electrons. The fraction of sp³-hybridized carbons (Fsp3) is 0.647. The van der Waals surface area contributed by atoms with E-state index in [4.69, 9.17) is 4.74 Å². The van der Waals surface area contributed by atoms with Crippen LogP contribution in [0.15, 0.2) is 24.3 Å². The molecule has 2 nitrogen and oxygen atoms in total. The van der Waals surface area contributed by atoms with Gasteiger partial charge in [-0.25, -0.2) is 0 Å². The van der Waals surface area contributed by atoms with Crippen LogP contribution in [-0.4, -0.2) is 18.3 Å². The summed E-state index contributed by atoms with van der Waals surface area (Å²) in [6.45, 7) is 0. The SMILES string of the molecule is COC1CCCCC1(O)c1ccc(C2CCC2)cc1. The fourth-order valence-electron chi connectivity index (χ4n) is 3.55. The molecule has 0 aromatic heterocycles. The molecule has 1 N–H and O–H groups in total. The Morgan fingerprint density at radius 1 is 1.05 bits per heavy atom. The fourth-order valence-corrected chi connectivity index (χ4v) is 3.55. The molecular formula is C17H24O2. The van der Waals surface area contributed by atoms with Crippen molar-refractivity contribution >= 4 is 0 Å². The van der Waals surface area contributed by atoms with Gasteiger partial charge in [0.25, 0.3) is 0 Å². The first-order chi connectivity index (χ1) is 9.24. The van der Waals surface area contributed by atoms with E-state index in [2.05, 4.69) is 24.3 Å². The van der Waals surface area contributed by atoms with Crippen LogP contribution in [0.3, 0.4) is 0 Å². The van der Waals surface area contributed by atoms with Crippen molar-refractivity contribution in [1.82, 2.24) is 0 Å². The zero-order chi connectivity index (χ0) is 13.3. The topological polar surface area (TPSA) is 29.5 Å². The third kappa shape index (κ3) is 2.32. The predicted octanol–water partition coefficient (Wildman–Crippen LogP) is 3.73. The van der Waals surface area contributed by atoms with E-state index in [1.165, 1.54) is 24.8 Å². The van der Waals surface area contributed by atoms with E-state index in [0.717, 1.165) is 37.2 Å². The zero-order valence-corrected chi connectivity index (χ0v) is 11.8. The van der Waals surface area contributed by atoms with Crippen LogP contribution in [-0.2, 0) is 10.3 Å². The first kappa shape index (κ1) is 13.1. The summed E-state index contributed by atoms with van der Waals surface area (Å²) in [6, 6.07) is 8.65. The van der Waals surface area contributed by atoms with Gasteiger partial charge in [-0.3, -0.25) is 0 Å². The van der Waals surface area contributed by atoms with Crippen LogP contribution in [0.5, 0.6) is 0 Å². The van der Waals surface area contributed by atoms with E-state index >= 15 is 0 Å². The van der Waals surface area contributed by atoms with Gasteiger partial charge in [-0.2, -0.15) is 0 Å². The second-order valence-electron chi connectivity index (χ2n) is 6.14. The van der Waals surface area contributed by atoms with Gasteiger partial charge in [0, 0.05) is 7.11 Å². The third-order valence-corrected chi connectivity index (χ3v) is 5.08. The molecule has 2 aliphatic rings. The molecule has 0 saturated heterocycles. The van der Waals surface area contributed by atoms with Gasteiger partial charge < -0.3 is 9.84 Å². The number of hydrogen-bond acceptors (Lipinski definition) is 2. The van der Waals surface area contributed by atoms with E-state index in [-0.39, 0.29) is 6.10 Å². The molecule has 2 saturated carbocycles. The van der Waals surface area contributed by atoms with Crippen LogP contribution in [0, 0.1) is 0 Å². The molecule has 2 heteroatoms. The van der Waals surface area contributed by atoms with Crippen molar-refractivity contribution in [2.75, 3.05) is 7.11 Å². The average molecular weight is 260 g/mol. The summed E-state index contributed by atoms with van der Waals surface area (Å²) < 4.78 is 5.52. The molecule has 0 spiro atoms. The molecule has 2 unspecified atom stereocenters. The molecule has 0 bridgehead atoms. The number of aliphatic hydroxyl groups is 1. The second kappa shape index (κ2) is 5.26. The molecule has 0 amide bonds. The Labute approximate surface area is 115 Å². The number of ether oxygens (including phenoxy) is 1. The van der Waals surface area contributed by atoms with Crippen molar-refractivity contribution < 1.29 is 9.84 Å². The number of methoxy groups -OCH3 is 1. The van der Waals surface area contributed by atoms with E-state index in [0.29, 0.717) is 0 Å². The Morgan fingerprint density at radius 3 is 2.37 bits per heavy atom. The number of rotatable bonds is 3. The molecule has 1 aromatic rings. The Hall–Kier alpha value is -0.860. The van der Waals surface area contributed by atoms with Crippen molar-refractivity contribution in [2.24, 2.45) is 0 Å². The smallest absolute Gasteiger partial charge is 0.116 e. The summed E-state index contributed by atoms with van der Waals surface area (Å²) >= 11 is 0. The summed E-state index contributed by atoms with van der Waals surface area (Å²) in [7, 11) is 1.71. The Kier molecular flexibility index (Phi) is 3.64. The van der Waals surface area contributed by atoms with Gasteiger partial charge in [0.05, 0.1) is 6.10 Å². The number of benzene rings is 1. The highest BCUT2D eigenvalue weighted by atomic mass is 16.5. The van der Waals surface area contributed by atoms with Gasteiger partial charge in [-0.1, -0.05) is 43.5 Å². The van der Waals surface area contributed by atoms with Crippen LogP contribution in [0.4, 0.5) is 0 Å². The zero-order valence-electron chi connectivity index (χ0n) is 11.8. The molecule has 1 aromatic carbocycles. The first-order valence-electron chi connectivity index (χ1n) is 7.59. The van der Waals surface area contributed by atoms with Gasteiger partial charge >= 0.3 is 0 Å². The lowest BCUT2D eigenvalue weighted by molar-refractivity contribution is -0.122. The summed E-state index contributed by atoms with van der Waals surface area (Å²) in [4.78, 5) is 0. The molecule has 2 fully saturated rings. The molecular weight excluding hydrogens is 236 g/mol. The Bertz CT molecular complexity index is 421. The lowest BCUT2D eigenvalue weighted by Gasteiger charge is -2.39. The van der Waals surface area contributed by atoms with Crippen LogP contribution in [0.2, 0.25) is 0 Å². The van der Waals surface area contributed by atoms with Gasteiger partial charge in [0.1, 0.15) is 5.60 Å². The highest BCUT2D eigenvalue weighted by molar-refractivity contribution is 5.31. The lowest BCUT2D eigenvalue weighted by Crippen LogP contribution is -2.43. The van der Waals surface area contributed by atoms with E-state index < -0.39 is 5.60 Å². The van der Waals surface area contributed by atoms with Gasteiger partial charge in [-0.15, -0.1) is 0 Å². The monoisotopic (exact) mass is 260 g/mol. The molecule has 2 atom stereocenters. The van der Waals surface area contributed by atoms with Crippen molar-refractivity contribution in [3.05, 3.63) is 35.4 Å². The van der Waals surface area contributed by atoms with E-state index in [9.17, 15) is 5.11 Å². The lowest BCUT2D eigenvalue weighted by atomic mass is 9.75. The molecule has 0 aliphatic heterocycles. The summed E-state index contributed by atoms with van der Waals surface area (Å²) in [5.74, 6) is 0.758. The van der Waals surface area contributed by atoms with Crippen LogP contribution in [0.25, 0.3) is 0 Å². The highest BCUT2D eigenvalue weighted by Gasteiger charge is 2.40. The predicted molar refractivity (Wildman–Crippen MR) is 76.2 cm³/mol. The molecule has 2 aliphatic carbocycles. The van der Waals surface area contributed by atoms with Crippen LogP contribution < -0.4 is 0 Å². The highest BCUT2D eigenvalue weighted by Crippen LogP contribution is 2.41. The summed E-state index contributed by atoms with van der Waals surface area (Å²) in [5.41, 5.74) is 1.68. The third-order valence-electron chi connectivity index (χ3n) is 5.08. The summed E-state index contributed by atoms with van der Waals surface area (Å²) in [6.07, 6.45) is 7.96. The largest absolute Gasteiger partial charge is 0.382 e. The number of hydrogen-bond donors (Lipinski definition) is 1. The normalized spacial score (nSPS) is 32.0. The molecule has 104 valence electrons. The maximum absolute atomic E-state index is 11.0. The molecule has 0 heterocycles. The Morgan fingerprint density at radius 2 is 1.79 bits per heavy atom. The minimum atomic E-state index is -0.787. The quantitative estimate of drug-likeness (QED) is 0.897. The van der Waals surface area contributed by atoms with Crippen molar-refractivity contribution in [3.63, 3.8) is 0 Å². The van der Waals surface area contributed by atoms with Crippen LogP contribution in [0.1, 0.15) is 62.0 Å². The van der Waals surface area contributed by atoms with Gasteiger partial charge in [-0.05, 0) is 42.7 Å². The first-order valence-corrected chi connectivity index (χ1v) is 7.59. The van der Waals surface area contributed by atoms with Crippen molar-refractivity contribution in [3.8, 4) is 0 Å². The minimum absolute atomic E-state index is 0.0594. The van der Waals surface area contributed by atoms with E-state index in [1.807, 2.05) is 0 Å². The van der Waals surface area contributed by atoms with Crippen molar-refractivity contribution in [1.29, 1.82) is 0 Å². The van der Waals surface area contributed by atoms with Crippen molar-refractivity contribution in [2.45, 2.75) is 62.6 Å². The van der Waals surface area contributed by atoms with Crippen LogP contribution >= 0.6 is 0 Å². The second-order valence-corrected chi connectivity index (χ2v) is 6.14. The van der Waals surface area contributed by atoms with E-state index in [1.54, 1.807) is 7.11 Å². The summed E-state index contributed by atoms with van der Waals surface area (Å²) in [5, 5.41) is 11.0. The van der Waals surface area contributed by atoms with Gasteiger partial charge in [0.15, 0.2) is 0 Å². The van der Waals surface area contributed by atoms with Gasteiger partial charge in [0.2, 0.25) is 0 Å². The maximum Gasteiger partial charge on any atom is 0.116 e. The maximum atomic E-state index is 11.0. The Balaban J connectivity index is 1.83. The standard InChI is InChI=1S/C17H24O2/c1-19-16-7-2-3-12-17(16,18)15-10-8-14(9-11-15)13-5-4-6-13/h8-11,13,16,18H,2-7,12H2,1H3. The average Bonchev–Trinajstić information content (AvgIpc) is 2.38. The minimum Gasteiger partial charge on any atom is -0.382 e. The molecule has 3 rings (SSSR count).